The number of aromatic nitrogens is 2. The second kappa shape index (κ2) is 7.46. The maximum absolute atomic E-state index is 13.5. The van der Waals surface area contributed by atoms with Crippen molar-refractivity contribution in [2.45, 2.75) is 18.5 Å². The Labute approximate surface area is 165 Å². The van der Waals surface area contributed by atoms with Crippen molar-refractivity contribution in [1.29, 1.82) is 0 Å². The SMILES string of the molecule is C[C@@H]1NC(COc2ccc(=O)[nH]c2)=N[C@]1(c1ccc(F)cc1)c1ccc(F)nc1. The molecule has 2 N–H and O–H groups in total. The van der Waals surface area contributed by atoms with E-state index in [-0.39, 0.29) is 24.0 Å². The molecule has 2 atom stereocenters. The fraction of sp³-hybridized carbons (Fsp3) is 0.190. The summed E-state index contributed by atoms with van der Waals surface area (Å²) in [5, 5.41) is 3.29. The average molecular weight is 396 g/mol. The Morgan fingerprint density at radius 1 is 1.07 bits per heavy atom. The van der Waals surface area contributed by atoms with E-state index < -0.39 is 11.5 Å². The zero-order valence-electron chi connectivity index (χ0n) is 15.5. The molecule has 0 spiro atoms. The van der Waals surface area contributed by atoms with Crippen LogP contribution in [0.5, 0.6) is 5.75 Å². The first-order chi connectivity index (χ1) is 14.0. The predicted octanol–water partition coefficient (Wildman–Crippen LogP) is 2.76. The molecule has 0 saturated heterocycles. The lowest BCUT2D eigenvalue weighted by Gasteiger charge is -2.31. The molecule has 29 heavy (non-hydrogen) atoms. The lowest BCUT2D eigenvalue weighted by molar-refractivity contribution is 0.370. The minimum absolute atomic E-state index is 0.133. The third-order valence-electron chi connectivity index (χ3n) is 4.90. The maximum atomic E-state index is 13.5. The average Bonchev–Trinajstić information content (AvgIpc) is 3.06. The summed E-state index contributed by atoms with van der Waals surface area (Å²) in [5.74, 6) is 0.111. The normalized spacial score (nSPS) is 20.8. The summed E-state index contributed by atoms with van der Waals surface area (Å²) in [6, 6.07) is 11.7. The highest BCUT2D eigenvalue weighted by atomic mass is 19.1. The monoisotopic (exact) mass is 396 g/mol. The summed E-state index contributed by atoms with van der Waals surface area (Å²) in [6.45, 7) is 2.07. The molecule has 0 radical (unpaired) electrons. The van der Waals surface area contributed by atoms with Gasteiger partial charge in [-0.1, -0.05) is 18.2 Å². The lowest BCUT2D eigenvalue weighted by Crippen LogP contribution is -2.41. The number of hydrogen-bond donors (Lipinski definition) is 2. The summed E-state index contributed by atoms with van der Waals surface area (Å²) in [4.78, 5) is 22.3. The second-order valence-electron chi connectivity index (χ2n) is 6.74. The van der Waals surface area contributed by atoms with Crippen molar-refractivity contribution in [1.82, 2.24) is 15.3 Å². The molecule has 0 fully saturated rings. The highest BCUT2D eigenvalue weighted by molar-refractivity contribution is 5.87. The highest BCUT2D eigenvalue weighted by Gasteiger charge is 2.45. The van der Waals surface area contributed by atoms with Crippen LogP contribution >= 0.6 is 0 Å². The molecule has 148 valence electrons. The quantitative estimate of drug-likeness (QED) is 0.650. The molecule has 0 unspecified atom stereocenters. The fourth-order valence-electron chi connectivity index (χ4n) is 3.51. The van der Waals surface area contributed by atoms with Gasteiger partial charge in [0.05, 0.1) is 6.04 Å². The molecule has 0 amide bonds. The number of benzene rings is 1. The van der Waals surface area contributed by atoms with Crippen LogP contribution in [0, 0.1) is 11.8 Å². The molecule has 1 aliphatic rings. The van der Waals surface area contributed by atoms with Crippen molar-refractivity contribution in [3.63, 3.8) is 0 Å². The smallest absolute Gasteiger partial charge is 0.248 e. The summed E-state index contributed by atoms with van der Waals surface area (Å²) in [7, 11) is 0. The zero-order valence-corrected chi connectivity index (χ0v) is 15.5. The van der Waals surface area contributed by atoms with Crippen molar-refractivity contribution in [2.75, 3.05) is 6.61 Å². The van der Waals surface area contributed by atoms with E-state index in [1.54, 1.807) is 24.3 Å². The zero-order chi connectivity index (χ0) is 20.4. The van der Waals surface area contributed by atoms with Gasteiger partial charge in [0.2, 0.25) is 11.5 Å². The molecule has 1 aliphatic heterocycles. The van der Waals surface area contributed by atoms with Crippen LogP contribution in [0.15, 0.2) is 70.7 Å². The first kappa shape index (κ1) is 18.8. The summed E-state index contributed by atoms with van der Waals surface area (Å²) >= 11 is 0. The Morgan fingerprint density at radius 2 is 1.83 bits per heavy atom. The highest BCUT2D eigenvalue weighted by Crippen LogP contribution is 2.40. The van der Waals surface area contributed by atoms with Crippen LogP contribution in [0.3, 0.4) is 0 Å². The molecule has 0 saturated carbocycles. The Morgan fingerprint density at radius 3 is 2.48 bits per heavy atom. The van der Waals surface area contributed by atoms with Gasteiger partial charge in [-0.2, -0.15) is 4.39 Å². The first-order valence-electron chi connectivity index (χ1n) is 9.02. The summed E-state index contributed by atoms with van der Waals surface area (Å²) in [5.41, 5.74) is 0.273. The van der Waals surface area contributed by atoms with E-state index in [0.29, 0.717) is 17.1 Å². The van der Waals surface area contributed by atoms with Gasteiger partial charge in [-0.15, -0.1) is 0 Å². The first-order valence-corrected chi connectivity index (χ1v) is 9.02. The molecule has 1 aromatic carbocycles. The van der Waals surface area contributed by atoms with Crippen LogP contribution in [0.25, 0.3) is 0 Å². The van der Waals surface area contributed by atoms with E-state index in [4.69, 9.17) is 9.73 Å². The topological polar surface area (TPSA) is 79.4 Å². The molecule has 4 rings (SSSR count). The van der Waals surface area contributed by atoms with Crippen LogP contribution < -0.4 is 15.6 Å². The number of halogens is 2. The van der Waals surface area contributed by atoms with Crippen LogP contribution in [-0.4, -0.2) is 28.5 Å². The van der Waals surface area contributed by atoms with Crippen LogP contribution in [0.4, 0.5) is 8.78 Å². The largest absolute Gasteiger partial charge is 0.484 e. The van der Waals surface area contributed by atoms with E-state index in [1.807, 2.05) is 6.92 Å². The van der Waals surface area contributed by atoms with Gasteiger partial charge in [0.25, 0.3) is 0 Å². The van der Waals surface area contributed by atoms with Gasteiger partial charge in [-0.25, -0.2) is 9.37 Å². The molecule has 6 nitrogen and oxygen atoms in total. The van der Waals surface area contributed by atoms with Gasteiger partial charge < -0.3 is 15.0 Å². The minimum Gasteiger partial charge on any atom is -0.484 e. The number of pyridine rings is 2. The van der Waals surface area contributed by atoms with Gasteiger partial charge in [0.1, 0.15) is 29.5 Å². The fourth-order valence-corrected chi connectivity index (χ4v) is 3.51. The Bertz CT molecular complexity index is 1030. The van der Waals surface area contributed by atoms with Crippen molar-refractivity contribution in [3.05, 3.63) is 94.2 Å². The van der Waals surface area contributed by atoms with Gasteiger partial charge in [-0.05, 0) is 36.8 Å². The minimum atomic E-state index is -0.919. The third kappa shape index (κ3) is 3.61. The predicted molar refractivity (Wildman–Crippen MR) is 104 cm³/mol. The Balaban J connectivity index is 1.71. The van der Waals surface area contributed by atoms with Gasteiger partial charge in [0.15, 0.2) is 0 Å². The second-order valence-corrected chi connectivity index (χ2v) is 6.74. The molecule has 3 heterocycles. The van der Waals surface area contributed by atoms with Crippen molar-refractivity contribution in [3.8, 4) is 5.75 Å². The number of hydrogen-bond acceptors (Lipinski definition) is 5. The number of aliphatic imine (C=N–C) groups is 1. The van der Waals surface area contributed by atoms with Crippen molar-refractivity contribution < 1.29 is 13.5 Å². The van der Waals surface area contributed by atoms with E-state index in [2.05, 4.69) is 15.3 Å². The van der Waals surface area contributed by atoms with Crippen LogP contribution in [0.2, 0.25) is 0 Å². The van der Waals surface area contributed by atoms with Crippen LogP contribution in [0.1, 0.15) is 18.1 Å². The van der Waals surface area contributed by atoms with E-state index >= 15 is 0 Å². The molecular weight excluding hydrogens is 378 g/mol. The molecule has 8 heteroatoms. The molecule has 2 aromatic heterocycles. The Hall–Kier alpha value is -3.55. The molecule has 3 aromatic rings. The van der Waals surface area contributed by atoms with Gasteiger partial charge in [-0.3, -0.25) is 9.79 Å². The van der Waals surface area contributed by atoms with E-state index in [9.17, 15) is 13.6 Å². The van der Waals surface area contributed by atoms with Gasteiger partial charge >= 0.3 is 0 Å². The van der Waals surface area contributed by atoms with Gasteiger partial charge in [0, 0.05) is 24.0 Å². The lowest BCUT2D eigenvalue weighted by atomic mass is 9.79. The maximum Gasteiger partial charge on any atom is 0.248 e. The Kier molecular flexibility index (Phi) is 4.84. The van der Waals surface area contributed by atoms with E-state index in [0.717, 1.165) is 5.56 Å². The number of ether oxygens (including phenoxy) is 1. The number of rotatable bonds is 5. The number of amidine groups is 1. The van der Waals surface area contributed by atoms with Crippen LogP contribution in [-0.2, 0) is 5.54 Å². The molecular formula is C21H18F2N4O2. The summed E-state index contributed by atoms with van der Waals surface area (Å²) < 4.78 is 32.6. The van der Waals surface area contributed by atoms with E-state index in [1.165, 1.54) is 36.7 Å². The number of aromatic amines is 1. The summed E-state index contributed by atoms with van der Waals surface area (Å²) in [6.07, 6.45) is 2.91. The molecule has 0 aliphatic carbocycles. The third-order valence-corrected chi connectivity index (χ3v) is 4.90. The van der Waals surface area contributed by atoms with Crippen molar-refractivity contribution >= 4 is 5.84 Å². The standard InChI is InChI=1S/C21H18F2N4O2/c1-13-21(14-2-5-16(22)6-3-14,15-4-8-18(23)24-10-15)27-19(26-13)12-29-17-7-9-20(28)25-11-17/h2-11,13H,12H2,1H3,(H,25,28)(H,26,27)/t13-,21+/m0/s1. The molecule has 0 bridgehead atoms. The number of nitrogens with one attached hydrogen (secondary N) is 2. The van der Waals surface area contributed by atoms with Crippen molar-refractivity contribution in [2.24, 2.45) is 4.99 Å². The number of H-pyrrole nitrogens is 1. The number of nitrogens with zero attached hydrogens (tertiary/aromatic N) is 2.